The number of carbonyl (C=O) groups excluding carboxylic acids is 1. The first-order valence-electron chi connectivity index (χ1n) is 2.61. The van der Waals surface area contributed by atoms with Crippen molar-refractivity contribution in [2.45, 2.75) is 12.5 Å². The molecule has 54 valence electrons. The third-order valence-corrected chi connectivity index (χ3v) is 1.14. The van der Waals surface area contributed by atoms with Crippen LogP contribution in [-0.4, -0.2) is 25.0 Å². The second kappa shape index (κ2) is 4.58. The van der Waals surface area contributed by atoms with E-state index in [0.29, 0.717) is 12.3 Å². The minimum absolute atomic E-state index is 0.385. The molecule has 0 aliphatic carbocycles. The summed E-state index contributed by atoms with van der Waals surface area (Å²) in [5.74, 6) is -0.0216. The highest BCUT2D eigenvalue weighted by molar-refractivity contribution is 6.18. The summed E-state index contributed by atoms with van der Waals surface area (Å²) in [4.78, 5) is 10.5. The fourth-order valence-corrected chi connectivity index (χ4v) is 0.622. The minimum Gasteiger partial charge on any atom is -0.468 e. The van der Waals surface area contributed by atoms with E-state index < -0.39 is 12.0 Å². The Kier molecular flexibility index (Phi) is 4.44. The maximum Gasteiger partial charge on any atom is 0.322 e. The zero-order chi connectivity index (χ0) is 7.28. The van der Waals surface area contributed by atoms with E-state index in [2.05, 4.69) is 4.74 Å². The summed E-state index contributed by atoms with van der Waals surface area (Å²) < 4.78 is 4.34. The maximum absolute atomic E-state index is 10.5. The molecule has 3 nitrogen and oxygen atoms in total. The van der Waals surface area contributed by atoms with Gasteiger partial charge in [-0.3, -0.25) is 4.79 Å². The highest BCUT2D eigenvalue weighted by atomic mass is 35.5. The Morgan fingerprint density at radius 3 is 2.78 bits per heavy atom. The lowest BCUT2D eigenvalue weighted by Gasteiger charge is -2.04. The fourth-order valence-electron chi connectivity index (χ4n) is 0.387. The SMILES string of the molecule is COC(=O)[C@@H](N)CCCl. The molecule has 0 bridgehead atoms. The predicted octanol–water partition coefficient (Wildman–Crippen LogP) is 0.116. The summed E-state index contributed by atoms with van der Waals surface area (Å²) in [6.07, 6.45) is 0.466. The first-order valence-corrected chi connectivity index (χ1v) is 3.15. The van der Waals surface area contributed by atoms with Crippen LogP contribution in [0.3, 0.4) is 0 Å². The van der Waals surface area contributed by atoms with E-state index in [1.54, 1.807) is 0 Å². The van der Waals surface area contributed by atoms with Gasteiger partial charge in [-0.2, -0.15) is 0 Å². The summed E-state index contributed by atoms with van der Waals surface area (Å²) in [6, 6.07) is -0.563. The molecule has 0 unspecified atom stereocenters. The number of carbonyl (C=O) groups is 1. The average molecular weight is 152 g/mol. The smallest absolute Gasteiger partial charge is 0.322 e. The highest BCUT2D eigenvalue weighted by Gasteiger charge is 2.11. The van der Waals surface area contributed by atoms with Gasteiger partial charge < -0.3 is 10.5 Å². The number of esters is 1. The standard InChI is InChI=1S/C5H10ClNO2/c1-9-5(8)4(7)2-3-6/h4H,2-3,7H2,1H3/t4-/m0/s1. The van der Waals surface area contributed by atoms with Gasteiger partial charge in [-0.25, -0.2) is 0 Å². The van der Waals surface area contributed by atoms with Crippen LogP contribution in [0.15, 0.2) is 0 Å². The van der Waals surface area contributed by atoms with Gasteiger partial charge in [0, 0.05) is 5.88 Å². The molecule has 0 fully saturated rings. The van der Waals surface area contributed by atoms with Crippen molar-refractivity contribution in [3.05, 3.63) is 0 Å². The van der Waals surface area contributed by atoms with Crippen LogP contribution in [0.2, 0.25) is 0 Å². The van der Waals surface area contributed by atoms with Gasteiger partial charge in [-0.15, -0.1) is 11.6 Å². The van der Waals surface area contributed by atoms with Crippen LogP contribution < -0.4 is 5.73 Å². The van der Waals surface area contributed by atoms with Gasteiger partial charge in [-0.05, 0) is 6.42 Å². The molecule has 0 saturated heterocycles. The molecule has 0 heterocycles. The number of alkyl halides is 1. The van der Waals surface area contributed by atoms with Gasteiger partial charge in [0.15, 0.2) is 0 Å². The summed E-state index contributed by atoms with van der Waals surface area (Å²) in [7, 11) is 1.30. The summed E-state index contributed by atoms with van der Waals surface area (Å²) in [5.41, 5.74) is 5.28. The van der Waals surface area contributed by atoms with Gasteiger partial charge in [0.1, 0.15) is 6.04 Å². The van der Waals surface area contributed by atoms with Gasteiger partial charge in [0.2, 0.25) is 0 Å². The van der Waals surface area contributed by atoms with Crippen molar-refractivity contribution in [3.63, 3.8) is 0 Å². The van der Waals surface area contributed by atoms with E-state index in [4.69, 9.17) is 17.3 Å². The van der Waals surface area contributed by atoms with Crippen molar-refractivity contribution in [1.29, 1.82) is 0 Å². The van der Waals surface area contributed by atoms with Crippen molar-refractivity contribution in [2.75, 3.05) is 13.0 Å². The minimum atomic E-state index is -0.563. The van der Waals surface area contributed by atoms with E-state index in [1.807, 2.05) is 0 Å². The monoisotopic (exact) mass is 151 g/mol. The molecule has 0 aromatic carbocycles. The predicted molar refractivity (Wildman–Crippen MR) is 35.3 cm³/mol. The Morgan fingerprint density at radius 1 is 1.89 bits per heavy atom. The topological polar surface area (TPSA) is 52.3 Å². The van der Waals surface area contributed by atoms with E-state index >= 15 is 0 Å². The lowest BCUT2D eigenvalue weighted by molar-refractivity contribution is -0.142. The molecule has 2 N–H and O–H groups in total. The molecule has 0 aromatic rings. The quantitative estimate of drug-likeness (QED) is 0.460. The van der Waals surface area contributed by atoms with Crippen LogP contribution in [-0.2, 0) is 9.53 Å². The molecule has 0 aromatic heterocycles. The van der Waals surface area contributed by atoms with Crippen LogP contribution in [0.25, 0.3) is 0 Å². The molecule has 4 heteroatoms. The number of ether oxygens (including phenoxy) is 1. The van der Waals surface area contributed by atoms with Crippen LogP contribution in [0.5, 0.6) is 0 Å². The molecule has 0 amide bonds. The van der Waals surface area contributed by atoms with E-state index in [0.717, 1.165) is 0 Å². The normalized spacial score (nSPS) is 12.8. The number of hydrogen-bond acceptors (Lipinski definition) is 3. The molecule has 0 rings (SSSR count). The van der Waals surface area contributed by atoms with E-state index in [-0.39, 0.29) is 0 Å². The first-order chi connectivity index (χ1) is 4.22. The summed E-state index contributed by atoms with van der Waals surface area (Å²) >= 11 is 5.31. The molecule has 0 saturated carbocycles. The Balaban J connectivity index is 3.45. The van der Waals surface area contributed by atoms with Crippen molar-refractivity contribution >= 4 is 17.6 Å². The first kappa shape index (κ1) is 8.72. The van der Waals surface area contributed by atoms with Crippen molar-refractivity contribution in [1.82, 2.24) is 0 Å². The number of methoxy groups -OCH3 is 1. The highest BCUT2D eigenvalue weighted by Crippen LogP contribution is 1.92. The van der Waals surface area contributed by atoms with E-state index in [1.165, 1.54) is 7.11 Å². The van der Waals surface area contributed by atoms with Crippen molar-refractivity contribution < 1.29 is 9.53 Å². The number of rotatable bonds is 3. The van der Waals surface area contributed by atoms with Gasteiger partial charge in [0.25, 0.3) is 0 Å². The fraction of sp³-hybridized carbons (Fsp3) is 0.800. The van der Waals surface area contributed by atoms with Crippen LogP contribution in [0.4, 0.5) is 0 Å². The van der Waals surface area contributed by atoms with Gasteiger partial charge in [0.05, 0.1) is 7.11 Å². The second-order valence-corrected chi connectivity index (χ2v) is 1.99. The molecule has 0 aliphatic heterocycles. The third-order valence-electron chi connectivity index (χ3n) is 0.924. The Morgan fingerprint density at radius 2 is 2.44 bits per heavy atom. The molecular weight excluding hydrogens is 142 g/mol. The van der Waals surface area contributed by atoms with Gasteiger partial charge in [-0.1, -0.05) is 0 Å². The Labute approximate surface area is 59.1 Å². The largest absolute Gasteiger partial charge is 0.468 e. The average Bonchev–Trinajstić information content (AvgIpc) is 1.87. The molecule has 0 aliphatic rings. The number of hydrogen-bond donors (Lipinski definition) is 1. The van der Waals surface area contributed by atoms with Crippen LogP contribution >= 0.6 is 11.6 Å². The number of nitrogens with two attached hydrogens (primary N) is 1. The lowest BCUT2D eigenvalue weighted by atomic mass is 10.2. The van der Waals surface area contributed by atoms with Crippen LogP contribution in [0, 0.1) is 0 Å². The molecule has 0 spiro atoms. The maximum atomic E-state index is 10.5. The zero-order valence-electron chi connectivity index (χ0n) is 5.26. The van der Waals surface area contributed by atoms with Crippen molar-refractivity contribution in [3.8, 4) is 0 Å². The molecule has 9 heavy (non-hydrogen) atoms. The summed E-state index contributed by atoms with van der Waals surface area (Å²) in [6.45, 7) is 0. The van der Waals surface area contributed by atoms with Crippen LogP contribution in [0.1, 0.15) is 6.42 Å². The van der Waals surface area contributed by atoms with E-state index in [9.17, 15) is 4.79 Å². The van der Waals surface area contributed by atoms with Crippen molar-refractivity contribution in [2.24, 2.45) is 5.73 Å². The molecule has 0 radical (unpaired) electrons. The lowest BCUT2D eigenvalue weighted by Crippen LogP contribution is -2.31. The Hall–Kier alpha value is -0.280. The second-order valence-electron chi connectivity index (χ2n) is 1.61. The molecule has 1 atom stereocenters. The third kappa shape index (κ3) is 3.32. The Bertz CT molecular complexity index is 97.0. The van der Waals surface area contributed by atoms with Gasteiger partial charge >= 0.3 is 5.97 Å². The summed E-state index contributed by atoms with van der Waals surface area (Å²) in [5, 5.41) is 0. The molecular formula is C5H10ClNO2. The number of halogens is 1. The zero-order valence-corrected chi connectivity index (χ0v) is 6.02.